The first-order valence-corrected chi connectivity index (χ1v) is 9.81. The van der Waals surface area contributed by atoms with Gasteiger partial charge in [0.15, 0.2) is 0 Å². The molecule has 162 valence electrons. The van der Waals surface area contributed by atoms with E-state index in [9.17, 15) is 14.7 Å². The number of carbonyl (C=O) groups excluding carboxylic acids is 1. The van der Waals surface area contributed by atoms with Crippen LogP contribution in [-0.4, -0.2) is 38.8 Å². The summed E-state index contributed by atoms with van der Waals surface area (Å²) < 4.78 is 11.1. The third kappa shape index (κ3) is 6.15. The van der Waals surface area contributed by atoms with Crippen LogP contribution in [-0.2, 0) is 16.0 Å². The summed E-state index contributed by atoms with van der Waals surface area (Å²) in [7, 11) is 0. The molecule has 8 nitrogen and oxygen atoms in total. The molecule has 0 fully saturated rings. The molecule has 0 saturated carbocycles. The molecule has 1 aromatic carbocycles. The van der Waals surface area contributed by atoms with Gasteiger partial charge < -0.3 is 19.9 Å². The normalized spacial score (nSPS) is 12.3. The number of aliphatic carboxylic acids is 1. The van der Waals surface area contributed by atoms with Crippen molar-refractivity contribution in [2.75, 3.05) is 0 Å². The summed E-state index contributed by atoms with van der Waals surface area (Å²) in [6.45, 7) is 7.02. The first-order chi connectivity index (χ1) is 14.6. The van der Waals surface area contributed by atoms with Crippen molar-refractivity contribution in [2.24, 2.45) is 0 Å². The number of aromatic nitrogens is 2. The van der Waals surface area contributed by atoms with Crippen molar-refractivity contribution in [1.29, 1.82) is 0 Å². The molecular formula is C23H25N3O5. The van der Waals surface area contributed by atoms with Gasteiger partial charge in [0.05, 0.1) is 5.39 Å². The molecule has 2 aromatic heterocycles. The van der Waals surface area contributed by atoms with E-state index in [1.54, 1.807) is 57.4 Å². The SMILES string of the molecule is Cc1cc2ccncc2c(Oc2ccc(CC(NC(=O)OC(C)(C)C)C(=O)O)cc2)n1. The van der Waals surface area contributed by atoms with Gasteiger partial charge in [0.2, 0.25) is 5.88 Å². The summed E-state index contributed by atoms with van der Waals surface area (Å²) in [5, 5.41) is 13.6. The quantitative estimate of drug-likeness (QED) is 0.610. The highest BCUT2D eigenvalue weighted by molar-refractivity contribution is 5.86. The number of ether oxygens (including phenoxy) is 2. The number of alkyl carbamates (subject to hydrolysis) is 1. The van der Waals surface area contributed by atoms with Gasteiger partial charge in [-0.2, -0.15) is 0 Å². The van der Waals surface area contributed by atoms with Crippen molar-refractivity contribution < 1.29 is 24.2 Å². The van der Waals surface area contributed by atoms with E-state index >= 15 is 0 Å². The van der Waals surface area contributed by atoms with Gasteiger partial charge in [-0.25, -0.2) is 14.6 Å². The minimum Gasteiger partial charge on any atom is -0.480 e. The maximum absolute atomic E-state index is 11.9. The second-order valence-electron chi connectivity index (χ2n) is 8.15. The van der Waals surface area contributed by atoms with Crippen LogP contribution in [0.5, 0.6) is 11.6 Å². The van der Waals surface area contributed by atoms with Crippen LogP contribution in [0.4, 0.5) is 4.79 Å². The Bertz CT molecular complexity index is 1090. The van der Waals surface area contributed by atoms with Gasteiger partial charge in [-0.3, -0.25) is 4.98 Å². The van der Waals surface area contributed by atoms with Gasteiger partial charge in [-0.15, -0.1) is 0 Å². The van der Waals surface area contributed by atoms with E-state index in [2.05, 4.69) is 15.3 Å². The molecule has 0 bridgehead atoms. The smallest absolute Gasteiger partial charge is 0.408 e. The van der Waals surface area contributed by atoms with Gasteiger partial charge in [0, 0.05) is 24.5 Å². The monoisotopic (exact) mass is 423 g/mol. The largest absolute Gasteiger partial charge is 0.480 e. The van der Waals surface area contributed by atoms with Crippen molar-refractivity contribution >= 4 is 22.8 Å². The molecule has 2 N–H and O–H groups in total. The lowest BCUT2D eigenvalue weighted by Crippen LogP contribution is -2.44. The third-order valence-electron chi connectivity index (χ3n) is 4.29. The number of pyridine rings is 2. The number of carbonyl (C=O) groups is 2. The number of carboxylic acids is 1. The van der Waals surface area contributed by atoms with Gasteiger partial charge >= 0.3 is 12.1 Å². The number of fused-ring (bicyclic) bond motifs is 1. The molecule has 1 atom stereocenters. The standard InChI is InChI=1S/C23H25N3O5/c1-14-11-16-9-10-24-13-18(16)20(25-14)30-17-7-5-15(6-8-17)12-19(21(27)28)26-22(29)31-23(2,3)4/h5-11,13,19H,12H2,1-4H3,(H,26,29)(H,27,28). The number of nitrogens with zero attached hydrogens (tertiary/aromatic N) is 2. The lowest BCUT2D eigenvalue weighted by molar-refractivity contribution is -0.139. The molecule has 0 saturated heterocycles. The Morgan fingerprint density at radius 3 is 2.52 bits per heavy atom. The number of hydrogen-bond acceptors (Lipinski definition) is 6. The first kappa shape index (κ1) is 22.0. The lowest BCUT2D eigenvalue weighted by Gasteiger charge is -2.22. The molecule has 1 unspecified atom stereocenters. The number of benzene rings is 1. The average molecular weight is 423 g/mol. The van der Waals surface area contributed by atoms with Crippen molar-refractivity contribution in [1.82, 2.24) is 15.3 Å². The number of rotatable bonds is 6. The molecular weight excluding hydrogens is 398 g/mol. The summed E-state index contributed by atoms with van der Waals surface area (Å²) >= 11 is 0. The van der Waals surface area contributed by atoms with Crippen LogP contribution in [0.3, 0.4) is 0 Å². The van der Waals surface area contributed by atoms with E-state index in [0.717, 1.165) is 22.0 Å². The molecule has 0 aliphatic heterocycles. The second-order valence-corrected chi connectivity index (χ2v) is 8.15. The van der Waals surface area contributed by atoms with E-state index in [0.29, 0.717) is 11.6 Å². The van der Waals surface area contributed by atoms with Crippen LogP contribution in [0.15, 0.2) is 48.8 Å². The highest BCUT2D eigenvalue weighted by Gasteiger charge is 2.24. The highest BCUT2D eigenvalue weighted by Crippen LogP contribution is 2.28. The molecule has 2 heterocycles. The zero-order chi connectivity index (χ0) is 22.6. The maximum Gasteiger partial charge on any atom is 0.408 e. The number of carboxylic acid groups (broad SMARTS) is 1. The van der Waals surface area contributed by atoms with Crippen LogP contribution in [0.25, 0.3) is 10.8 Å². The summed E-state index contributed by atoms with van der Waals surface area (Å²) in [4.78, 5) is 32.1. The van der Waals surface area contributed by atoms with Gasteiger partial charge in [-0.1, -0.05) is 12.1 Å². The summed E-state index contributed by atoms with van der Waals surface area (Å²) in [6.07, 6.45) is 2.74. The highest BCUT2D eigenvalue weighted by atomic mass is 16.6. The topological polar surface area (TPSA) is 111 Å². The van der Waals surface area contributed by atoms with Gasteiger partial charge in [0.1, 0.15) is 17.4 Å². The molecule has 0 spiro atoms. The Labute approximate surface area is 180 Å². The number of amides is 1. The Morgan fingerprint density at radius 2 is 1.87 bits per heavy atom. The zero-order valence-electron chi connectivity index (χ0n) is 17.9. The first-order valence-electron chi connectivity index (χ1n) is 9.81. The van der Waals surface area contributed by atoms with E-state index in [4.69, 9.17) is 9.47 Å². The predicted molar refractivity (Wildman–Crippen MR) is 115 cm³/mol. The summed E-state index contributed by atoms with van der Waals surface area (Å²) in [5.41, 5.74) is 0.831. The minimum absolute atomic E-state index is 0.102. The maximum atomic E-state index is 11.9. The van der Waals surface area contributed by atoms with Gasteiger partial charge in [0.25, 0.3) is 0 Å². The van der Waals surface area contributed by atoms with E-state index in [-0.39, 0.29) is 6.42 Å². The van der Waals surface area contributed by atoms with Crippen molar-refractivity contribution in [3.63, 3.8) is 0 Å². The fourth-order valence-electron chi connectivity index (χ4n) is 2.96. The Hall–Kier alpha value is -3.68. The number of hydrogen-bond donors (Lipinski definition) is 2. The Kier molecular flexibility index (Phi) is 6.39. The van der Waals surface area contributed by atoms with E-state index in [1.165, 1.54) is 0 Å². The number of nitrogens with one attached hydrogen (secondary N) is 1. The summed E-state index contributed by atoms with van der Waals surface area (Å²) in [5.74, 6) is -0.140. The molecule has 0 radical (unpaired) electrons. The number of aryl methyl sites for hydroxylation is 1. The Balaban J connectivity index is 1.71. The Morgan fingerprint density at radius 1 is 1.16 bits per heavy atom. The van der Waals surface area contributed by atoms with E-state index in [1.807, 2.05) is 19.1 Å². The average Bonchev–Trinajstić information content (AvgIpc) is 2.67. The summed E-state index contributed by atoms with van der Waals surface area (Å²) in [6, 6.07) is 9.69. The molecule has 3 rings (SSSR count). The molecule has 31 heavy (non-hydrogen) atoms. The van der Waals surface area contributed by atoms with Crippen molar-refractivity contribution in [3.8, 4) is 11.6 Å². The molecule has 1 amide bonds. The fourth-order valence-corrected chi connectivity index (χ4v) is 2.96. The predicted octanol–water partition coefficient (Wildman–Crippen LogP) is 4.25. The second kappa shape index (κ2) is 8.99. The van der Waals surface area contributed by atoms with E-state index < -0.39 is 23.7 Å². The van der Waals surface area contributed by atoms with Crippen LogP contribution in [0, 0.1) is 6.92 Å². The lowest BCUT2D eigenvalue weighted by atomic mass is 10.1. The van der Waals surface area contributed by atoms with Crippen LogP contribution in [0.1, 0.15) is 32.0 Å². The van der Waals surface area contributed by atoms with Crippen molar-refractivity contribution in [3.05, 3.63) is 60.0 Å². The van der Waals surface area contributed by atoms with Crippen LogP contribution >= 0.6 is 0 Å². The molecule has 0 aliphatic carbocycles. The molecule has 8 heteroatoms. The van der Waals surface area contributed by atoms with Crippen LogP contribution < -0.4 is 10.1 Å². The van der Waals surface area contributed by atoms with Crippen molar-refractivity contribution in [2.45, 2.75) is 45.8 Å². The molecule has 3 aromatic rings. The molecule has 0 aliphatic rings. The fraction of sp³-hybridized carbons (Fsp3) is 0.304. The van der Waals surface area contributed by atoms with Crippen LogP contribution in [0.2, 0.25) is 0 Å². The third-order valence-corrected chi connectivity index (χ3v) is 4.29. The zero-order valence-corrected chi connectivity index (χ0v) is 17.9. The van der Waals surface area contributed by atoms with Gasteiger partial charge in [-0.05, 0) is 62.9 Å². The minimum atomic E-state index is -1.14.